The molecule has 0 bridgehead atoms. The normalized spacial score (nSPS) is 13.6. The Morgan fingerprint density at radius 1 is 0.829 bits per heavy atom. The minimum Gasteiger partial charge on any atom is -0.450 e. The number of halogens is 3. The number of ether oxygens (including phenoxy) is 1. The van der Waals surface area contributed by atoms with E-state index in [4.69, 9.17) is 4.74 Å². The van der Waals surface area contributed by atoms with Crippen LogP contribution in [0.5, 0.6) is 11.5 Å². The van der Waals surface area contributed by atoms with E-state index < -0.39 is 40.4 Å². The van der Waals surface area contributed by atoms with Crippen molar-refractivity contribution in [3.05, 3.63) is 89.4 Å². The Bertz CT molecular complexity index is 1600. The van der Waals surface area contributed by atoms with Crippen molar-refractivity contribution in [2.75, 3.05) is 10.6 Å². The molecule has 6 nitrogen and oxygen atoms in total. The highest BCUT2D eigenvalue weighted by molar-refractivity contribution is 6.16. The smallest absolute Gasteiger partial charge is 0.240 e. The molecule has 3 aromatic carbocycles. The fraction of sp³-hybridized carbons (Fsp3) is 0.281. The molecule has 1 aliphatic rings. The summed E-state index contributed by atoms with van der Waals surface area (Å²) < 4.78 is 49.2. The number of carbonyl (C=O) groups excluding carboxylic acids is 2. The summed E-state index contributed by atoms with van der Waals surface area (Å²) in [6, 6.07) is 12.6. The van der Waals surface area contributed by atoms with Crippen LogP contribution in [-0.2, 0) is 22.4 Å². The van der Waals surface area contributed by atoms with Crippen LogP contribution in [0.4, 0.5) is 24.5 Å². The summed E-state index contributed by atoms with van der Waals surface area (Å²) in [6.45, 7) is 4.20. The zero-order chi connectivity index (χ0) is 29.1. The number of fused-ring (bicyclic) bond motifs is 1. The topological polar surface area (TPSA) is 80.3 Å². The number of hydrogen-bond donors (Lipinski definition) is 2. The number of carbonyl (C=O) groups is 2. The molecule has 0 aliphatic heterocycles. The minimum atomic E-state index is -1.38. The molecule has 0 radical (unpaired) electrons. The molecule has 4 aromatic rings. The lowest BCUT2D eigenvalue weighted by Gasteiger charge is -2.17. The number of pyridine rings is 1. The SMILES string of the molecule is CCCc1cc2nccc(Oc3c(F)cc(NC(=O)C4(C(=O)Nc5ccc(F)cc5)CC4)cc3F)c2cc1CCC. The summed E-state index contributed by atoms with van der Waals surface area (Å²) in [5, 5.41) is 5.70. The molecule has 9 heteroatoms. The molecular weight excluding hydrogens is 531 g/mol. The van der Waals surface area contributed by atoms with E-state index >= 15 is 8.78 Å². The highest BCUT2D eigenvalue weighted by Gasteiger charge is 2.56. The number of rotatable bonds is 10. The van der Waals surface area contributed by atoms with Crippen LogP contribution in [0.1, 0.15) is 50.7 Å². The van der Waals surface area contributed by atoms with Gasteiger partial charge in [-0.3, -0.25) is 14.6 Å². The first-order chi connectivity index (χ1) is 19.7. The molecule has 1 fully saturated rings. The summed E-state index contributed by atoms with van der Waals surface area (Å²) >= 11 is 0. The van der Waals surface area contributed by atoms with E-state index in [0.717, 1.165) is 43.4 Å². The van der Waals surface area contributed by atoms with Gasteiger partial charge in [0.1, 0.15) is 17.0 Å². The second kappa shape index (κ2) is 11.6. The maximum absolute atomic E-state index is 15.2. The first-order valence-corrected chi connectivity index (χ1v) is 13.7. The molecule has 2 amide bonds. The number of amides is 2. The zero-order valence-corrected chi connectivity index (χ0v) is 22.8. The maximum Gasteiger partial charge on any atom is 0.240 e. The molecule has 1 heterocycles. The molecule has 1 aromatic heterocycles. The Labute approximate surface area is 235 Å². The standard InChI is InChI=1S/C32H30F3N3O3/c1-3-5-19-15-24-27(16-20(19)6-4-2)36-14-11-28(24)41-29-25(34)17-23(18-26(29)35)38-31(40)32(12-13-32)30(39)37-22-9-7-21(33)8-10-22/h7-11,14-18H,3-6,12-13H2,1-2H3,(H,37,39)(H,38,40). The van der Waals surface area contributed by atoms with Gasteiger partial charge in [-0.05, 0) is 79.3 Å². The number of benzene rings is 3. The lowest BCUT2D eigenvalue weighted by atomic mass is 9.97. The monoisotopic (exact) mass is 561 g/mol. The van der Waals surface area contributed by atoms with Crippen LogP contribution < -0.4 is 15.4 Å². The van der Waals surface area contributed by atoms with Crippen molar-refractivity contribution in [2.24, 2.45) is 5.41 Å². The second-order valence-electron chi connectivity index (χ2n) is 10.3. The van der Waals surface area contributed by atoms with E-state index in [-0.39, 0.29) is 24.3 Å². The Morgan fingerprint density at radius 2 is 1.41 bits per heavy atom. The predicted molar refractivity (Wildman–Crippen MR) is 151 cm³/mol. The quantitative estimate of drug-likeness (QED) is 0.194. The molecule has 0 unspecified atom stereocenters. The maximum atomic E-state index is 15.2. The van der Waals surface area contributed by atoms with Gasteiger partial charge in [0.15, 0.2) is 17.4 Å². The van der Waals surface area contributed by atoms with Gasteiger partial charge in [0, 0.05) is 35.1 Å². The summed E-state index contributed by atoms with van der Waals surface area (Å²) in [4.78, 5) is 30.2. The fourth-order valence-electron chi connectivity index (χ4n) is 4.91. The first kappa shape index (κ1) is 28.1. The summed E-state index contributed by atoms with van der Waals surface area (Å²) in [5.41, 5.74) is 1.83. The Morgan fingerprint density at radius 3 is 2.00 bits per heavy atom. The van der Waals surface area contributed by atoms with Crippen LogP contribution in [0.2, 0.25) is 0 Å². The average molecular weight is 562 g/mol. The third-order valence-corrected chi connectivity index (χ3v) is 7.25. The lowest BCUT2D eigenvalue weighted by molar-refractivity contribution is -0.131. The van der Waals surface area contributed by atoms with Gasteiger partial charge in [-0.15, -0.1) is 0 Å². The molecule has 0 atom stereocenters. The molecule has 212 valence electrons. The van der Waals surface area contributed by atoms with E-state index in [1.54, 1.807) is 6.07 Å². The van der Waals surface area contributed by atoms with E-state index in [1.807, 2.05) is 12.1 Å². The van der Waals surface area contributed by atoms with Gasteiger partial charge in [0.25, 0.3) is 0 Å². The Hall–Kier alpha value is -4.40. The van der Waals surface area contributed by atoms with Gasteiger partial charge in [-0.2, -0.15) is 0 Å². The molecule has 0 saturated heterocycles. The number of hydrogen-bond acceptors (Lipinski definition) is 4. The third kappa shape index (κ3) is 5.89. The van der Waals surface area contributed by atoms with Crippen LogP contribution in [0.25, 0.3) is 10.9 Å². The van der Waals surface area contributed by atoms with E-state index in [9.17, 15) is 14.0 Å². The van der Waals surface area contributed by atoms with Gasteiger partial charge < -0.3 is 15.4 Å². The fourth-order valence-corrected chi connectivity index (χ4v) is 4.91. The minimum absolute atomic E-state index is 0.146. The Kier molecular flexibility index (Phi) is 7.97. The first-order valence-electron chi connectivity index (χ1n) is 13.7. The van der Waals surface area contributed by atoms with Crippen molar-refractivity contribution in [2.45, 2.75) is 52.4 Å². The van der Waals surface area contributed by atoms with Crippen LogP contribution in [0, 0.1) is 22.9 Å². The second-order valence-corrected chi connectivity index (χ2v) is 10.3. The van der Waals surface area contributed by atoms with Crippen molar-refractivity contribution < 1.29 is 27.5 Å². The summed E-state index contributed by atoms with van der Waals surface area (Å²) in [6.07, 6.45) is 5.77. The van der Waals surface area contributed by atoms with Crippen molar-refractivity contribution in [3.8, 4) is 11.5 Å². The van der Waals surface area contributed by atoms with Gasteiger partial charge >= 0.3 is 0 Å². The number of anilines is 2. The summed E-state index contributed by atoms with van der Waals surface area (Å²) in [7, 11) is 0. The van der Waals surface area contributed by atoms with Crippen molar-refractivity contribution >= 4 is 34.1 Å². The van der Waals surface area contributed by atoms with Crippen LogP contribution >= 0.6 is 0 Å². The zero-order valence-electron chi connectivity index (χ0n) is 22.8. The highest BCUT2D eigenvalue weighted by atomic mass is 19.1. The predicted octanol–water partition coefficient (Wildman–Crippen LogP) is 7.71. The van der Waals surface area contributed by atoms with Gasteiger partial charge in [0.2, 0.25) is 11.8 Å². The van der Waals surface area contributed by atoms with Crippen LogP contribution in [0.15, 0.2) is 60.8 Å². The number of aryl methyl sites for hydroxylation is 2. The van der Waals surface area contributed by atoms with Crippen molar-refractivity contribution in [3.63, 3.8) is 0 Å². The lowest BCUT2D eigenvalue weighted by Crippen LogP contribution is -2.35. The van der Waals surface area contributed by atoms with Crippen LogP contribution in [-0.4, -0.2) is 16.8 Å². The molecule has 41 heavy (non-hydrogen) atoms. The highest BCUT2D eigenvalue weighted by Crippen LogP contribution is 2.48. The molecule has 5 rings (SSSR count). The van der Waals surface area contributed by atoms with E-state index in [2.05, 4.69) is 29.5 Å². The average Bonchev–Trinajstić information content (AvgIpc) is 3.75. The summed E-state index contributed by atoms with van der Waals surface area (Å²) in [5.74, 6) is -4.09. The Balaban J connectivity index is 1.35. The molecular formula is C32H30F3N3O3. The van der Waals surface area contributed by atoms with E-state index in [0.29, 0.717) is 16.6 Å². The third-order valence-electron chi connectivity index (χ3n) is 7.25. The molecule has 1 saturated carbocycles. The van der Waals surface area contributed by atoms with E-state index in [1.165, 1.54) is 36.0 Å². The van der Waals surface area contributed by atoms with Crippen LogP contribution in [0.3, 0.4) is 0 Å². The van der Waals surface area contributed by atoms with Gasteiger partial charge in [-0.25, -0.2) is 13.2 Å². The van der Waals surface area contributed by atoms with Gasteiger partial charge in [0.05, 0.1) is 5.52 Å². The molecule has 1 aliphatic carbocycles. The molecule has 2 N–H and O–H groups in total. The van der Waals surface area contributed by atoms with Gasteiger partial charge in [-0.1, -0.05) is 26.7 Å². The number of nitrogens with one attached hydrogen (secondary N) is 2. The number of nitrogens with zero attached hydrogens (tertiary/aromatic N) is 1. The van der Waals surface area contributed by atoms with Crippen molar-refractivity contribution in [1.82, 2.24) is 4.98 Å². The van der Waals surface area contributed by atoms with Crippen molar-refractivity contribution in [1.29, 1.82) is 0 Å². The molecule has 0 spiro atoms. The largest absolute Gasteiger partial charge is 0.450 e. The number of aromatic nitrogens is 1.